The van der Waals surface area contributed by atoms with E-state index in [1.165, 1.54) is 6.07 Å². The molecular formula is C22H23F3N2O. The molecule has 1 fully saturated rings. The Labute approximate surface area is 162 Å². The maximum absolute atomic E-state index is 13.9. The number of hydrogen-bond acceptors (Lipinski definition) is 2. The molecule has 4 rings (SSSR count). The molecule has 0 bridgehead atoms. The molecule has 2 aromatic carbocycles. The smallest absolute Gasteiger partial charge is 0.227 e. The van der Waals surface area contributed by atoms with Gasteiger partial charge in [-0.05, 0) is 67.5 Å². The van der Waals surface area contributed by atoms with E-state index in [-0.39, 0.29) is 12.3 Å². The molecule has 1 amide bonds. The van der Waals surface area contributed by atoms with Crippen LogP contribution in [-0.4, -0.2) is 18.1 Å². The van der Waals surface area contributed by atoms with E-state index in [2.05, 4.69) is 5.32 Å². The minimum atomic E-state index is -1.31. The number of aryl methyl sites for hydroxylation is 1. The number of amides is 1. The third-order valence-corrected chi connectivity index (χ3v) is 5.80. The Hall–Kier alpha value is -2.50. The Balaban J connectivity index is 1.56. The van der Waals surface area contributed by atoms with Crippen molar-refractivity contribution in [1.82, 2.24) is 0 Å². The summed E-state index contributed by atoms with van der Waals surface area (Å²) in [5, 5.41) is 2.90. The van der Waals surface area contributed by atoms with Gasteiger partial charge in [-0.3, -0.25) is 4.79 Å². The number of carbonyl (C=O) groups is 1. The fourth-order valence-electron chi connectivity index (χ4n) is 4.01. The van der Waals surface area contributed by atoms with E-state index in [0.717, 1.165) is 40.4 Å². The Bertz CT molecular complexity index is 953. The second-order valence-electron chi connectivity index (χ2n) is 7.98. The van der Waals surface area contributed by atoms with Crippen LogP contribution in [0.2, 0.25) is 0 Å². The van der Waals surface area contributed by atoms with Gasteiger partial charge >= 0.3 is 0 Å². The van der Waals surface area contributed by atoms with Crippen LogP contribution in [0.4, 0.5) is 24.5 Å². The van der Waals surface area contributed by atoms with E-state index in [1.807, 2.05) is 24.8 Å². The molecule has 0 aromatic heterocycles. The van der Waals surface area contributed by atoms with Gasteiger partial charge in [-0.15, -0.1) is 0 Å². The lowest BCUT2D eigenvalue weighted by molar-refractivity contribution is -0.117. The van der Waals surface area contributed by atoms with Crippen molar-refractivity contribution in [1.29, 1.82) is 0 Å². The molecule has 2 aromatic rings. The van der Waals surface area contributed by atoms with Crippen molar-refractivity contribution in [3.63, 3.8) is 0 Å². The van der Waals surface area contributed by atoms with Gasteiger partial charge in [0, 0.05) is 30.5 Å². The molecule has 1 heterocycles. The standard InChI is InChI=1S/C22H23F3N2O/c1-13-9-15-12-27(16-3-4-18(23)19(24)10-16)8-5-17(15)14(2)21(13)26-20(28)11-22(25)6-7-22/h3-4,9-10H,5-8,11-12H2,1-2H3,(H,26,28). The van der Waals surface area contributed by atoms with Gasteiger partial charge in [0.05, 0.1) is 6.42 Å². The summed E-state index contributed by atoms with van der Waals surface area (Å²) in [6.07, 6.45) is 1.56. The largest absolute Gasteiger partial charge is 0.367 e. The minimum Gasteiger partial charge on any atom is -0.367 e. The zero-order valence-electron chi connectivity index (χ0n) is 16.0. The van der Waals surface area contributed by atoms with E-state index in [4.69, 9.17) is 0 Å². The van der Waals surface area contributed by atoms with Crippen LogP contribution in [0, 0.1) is 25.5 Å². The minimum absolute atomic E-state index is 0.0904. The van der Waals surface area contributed by atoms with E-state index < -0.39 is 17.3 Å². The highest BCUT2D eigenvalue weighted by Crippen LogP contribution is 2.43. The molecule has 0 unspecified atom stereocenters. The predicted octanol–water partition coefficient (Wildman–Crippen LogP) is 4.98. The van der Waals surface area contributed by atoms with Crippen LogP contribution < -0.4 is 10.2 Å². The summed E-state index contributed by atoms with van der Waals surface area (Å²) in [5.41, 5.74) is 4.27. The van der Waals surface area contributed by atoms with Gasteiger partial charge in [0.15, 0.2) is 11.6 Å². The first kappa shape index (κ1) is 18.8. The number of fused-ring (bicyclic) bond motifs is 1. The highest BCUT2D eigenvalue weighted by atomic mass is 19.2. The fourth-order valence-corrected chi connectivity index (χ4v) is 4.01. The zero-order chi connectivity index (χ0) is 20.1. The number of alkyl halides is 1. The van der Waals surface area contributed by atoms with Crippen molar-refractivity contribution >= 4 is 17.3 Å². The molecule has 3 nitrogen and oxygen atoms in total. The number of hydrogen-bond donors (Lipinski definition) is 1. The number of rotatable bonds is 4. The summed E-state index contributed by atoms with van der Waals surface area (Å²) in [5.74, 6) is -1.99. The van der Waals surface area contributed by atoms with Crippen LogP contribution in [0.25, 0.3) is 0 Å². The van der Waals surface area contributed by atoms with Crippen LogP contribution in [0.15, 0.2) is 24.3 Å². The molecular weight excluding hydrogens is 365 g/mol. The predicted molar refractivity (Wildman–Crippen MR) is 103 cm³/mol. The van der Waals surface area contributed by atoms with Gasteiger partial charge in [-0.25, -0.2) is 13.2 Å². The molecule has 148 valence electrons. The summed E-state index contributed by atoms with van der Waals surface area (Å²) in [7, 11) is 0. The monoisotopic (exact) mass is 388 g/mol. The molecule has 0 saturated heterocycles. The quantitative estimate of drug-likeness (QED) is 0.802. The number of nitrogens with one attached hydrogen (secondary N) is 1. The Morgan fingerprint density at radius 3 is 2.61 bits per heavy atom. The molecule has 0 atom stereocenters. The second kappa shape index (κ2) is 6.83. The number of anilines is 2. The molecule has 0 radical (unpaired) electrons. The SMILES string of the molecule is Cc1cc2c(c(C)c1NC(=O)CC1(F)CC1)CCN(c1ccc(F)c(F)c1)C2. The molecule has 6 heteroatoms. The van der Waals surface area contributed by atoms with Crippen molar-refractivity contribution in [3.8, 4) is 0 Å². The van der Waals surface area contributed by atoms with Gasteiger partial charge in [0.2, 0.25) is 5.91 Å². The second-order valence-corrected chi connectivity index (χ2v) is 7.98. The normalized spacial score (nSPS) is 17.2. The maximum Gasteiger partial charge on any atom is 0.227 e. The first-order valence-corrected chi connectivity index (χ1v) is 9.56. The van der Waals surface area contributed by atoms with Crippen LogP contribution in [0.3, 0.4) is 0 Å². The molecule has 2 aliphatic rings. The van der Waals surface area contributed by atoms with Crippen LogP contribution in [0.5, 0.6) is 0 Å². The van der Waals surface area contributed by atoms with Gasteiger partial charge in [0.1, 0.15) is 5.67 Å². The van der Waals surface area contributed by atoms with E-state index in [9.17, 15) is 18.0 Å². The van der Waals surface area contributed by atoms with E-state index in [0.29, 0.717) is 31.6 Å². The summed E-state index contributed by atoms with van der Waals surface area (Å²) >= 11 is 0. The lowest BCUT2D eigenvalue weighted by atomic mass is 9.91. The van der Waals surface area contributed by atoms with Gasteiger partial charge in [-0.1, -0.05) is 6.07 Å². The fraction of sp³-hybridized carbons (Fsp3) is 0.409. The maximum atomic E-state index is 13.9. The molecule has 28 heavy (non-hydrogen) atoms. The summed E-state index contributed by atoms with van der Waals surface area (Å²) < 4.78 is 40.7. The number of halogens is 3. The highest BCUT2D eigenvalue weighted by molar-refractivity contribution is 5.93. The average molecular weight is 388 g/mol. The summed E-state index contributed by atoms with van der Waals surface area (Å²) in [4.78, 5) is 14.2. The molecule has 1 N–H and O–H groups in total. The molecule has 1 aliphatic heterocycles. The molecule has 1 saturated carbocycles. The van der Waals surface area contributed by atoms with Crippen molar-refractivity contribution in [2.24, 2.45) is 0 Å². The average Bonchev–Trinajstić information content (AvgIpc) is 3.37. The lowest BCUT2D eigenvalue weighted by Crippen LogP contribution is -2.31. The Morgan fingerprint density at radius 1 is 1.18 bits per heavy atom. The zero-order valence-corrected chi connectivity index (χ0v) is 16.0. The molecule has 0 spiro atoms. The van der Waals surface area contributed by atoms with Crippen LogP contribution >= 0.6 is 0 Å². The summed E-state index contributed by atoms with van der Waals surface area (Å²) in [6, 6.07) is 5.97. The third-order valence-electron chi connectivity index (χ3n) is 5.80. The van der Waals surface area contributed by atoms with Crippen molar-refractivity contribution in [2.75, 3.05) is 16.8 Å². The Kier molecular flexibility index (Phi) is 4.60. The van der Waals surface area contributed by atoms with Crippen molar-refractivity contribution in [2.45, 2.75) is 51.7 Å². The van der Waals surface area contributed by atoms with Gasteiger partial charge in [-0.2, -0.15) is 0 Å². The van der Waals surface area contributed by atoms with Crippen LogP contribution in [-0.2, 0) is 17.8 Å². The first-order valence-electron chi connectivity index (χ1n) is 9.56. The number of carbonyl (C=O) groups excluding carboxylic acids is 1. The van der Waals surface area contributed by atoms with Crippen molar-refractivity contribution in [3.05, 3.63) is 58.2 Å². The first-order chi connectivity index (χ1) is 13.3. The van der Waals surface area contributed by atoms with Crippen LogP contribution in [0.1, 0.15) is 41.5 Å². The van der Waals surface area contributed by atoms with E-state index >= 15 is 0 Å². The highest BCUT2D eigenvalue weighted by Gasteiger charge is 2.45. The number of nitrogens with zero attached hydrogens (tertiary/aromatic N) is 1. The molecule has 1 aliphatic carbocycles. The van der Waals surface area contributed by atoms with Gasteiger partial charge < -0.3 is 10.2 Å². The lowest BCUT2D eigenvalue weighted by Gasteiger charge is -2.33. The van der Waals surface area contributed by atoms with E-state index in [1.54, 1.807) is 6.07 Å². The Morgan fingerprint density at radius 2 is 1.93 bits per heavy atom. The third kappa shape index (κ3) is 3.60. The number of benzene rings is 2. The van der Waals surface area contributed by atoms with Gasteiger partial charge in [0.25, 0.3) is 0 Å². The summed E-state index contributed by atoms with van der Waals surface area (Å²) in [6.45, 7) is 5.14. The van der Waals surface area contributed by atoms with Crippen molar-refractivity contribution < 1.29 is 18.0 Å². The topological polar surface area (TPSA) is 32.3 Å².